The van der Waals surface area contributed by atoms with Crippen LogP contribution in [0.4, 0.5) is 5.69 Å². The van der Waals surface area contributed by atoms with E-state index in [1.165, 1.54) is 6.07 Å². The van der Waals surface area contributed by atoms with Crippen molar-refractivity contribution in [2.24, 2.45) is 0 Å². The van der Waals surface area contributed by atoms with Crippen molar-refractivity contribution in [3.05, 3.63) is 45.9 Å². The van der Waals surface area contributed by atoms with Crippen LogP contribution in [0.15, 0.2) is 29.1 Å². The Kier molecular flexibility index (Phi) is 6.80. The van der Waals surface area contributed by atoms with Gasteiger partial charge < -0.3 is 24.1 Å². The lowest BCUT2D eigenvalue weighted by atomic mass is 10.0. The third kappa shape index (κ3) is 4.55. The molecule has 7 heteroatoms. The second-order valence-corrected chi connectivity index (χ2v) is 6.69. The number of aromatic nitrogens is 1. The van der Waals surface area contributed by atoms with Crippen LogP contribution in [0.2, 0.25) is 0 Å². The maximum Gasteiger partial charge on any atom is 0.261 e. The van der Waals surface area contributed by atoms with Gasteiger partial charge in [-0.25, -0.2) is 0 Å². The summed E-state index contributed by atoms with van der Waals surface area (Å²) in [5.74, 6) is 1.20. The first-order chi connectivity index (χ1) is 14.1. The summed E-state index contributed by atoms with van der Waals surface area (Å²) in [7, 11) is 0. The van der Waals surface area contributed by atoms with Gasteiger partial charge in [-0.1, -0.05) is 0 Å². The molecule has 0 unspecified atom stereocenters. The highest BCUT2D eigenvalue weighted by atomic mass is 16.5. The van der Waals surface area contributed by atoms with Gasteiger partial charge in [0.15, 0.2) is 0 Å². The van der Waals surface area contributed by atoms with E-state index in [4.69, 9.17) is 14.2 Å². The number of pyridine rings is 1. The number of hydrogen-bond acceptors (Lipinski definition) is 5. The van der Waals surface area contributed by atoms with E-state index in [1.807, 2.05) is 20.8 Å². The Morgan fingerprint density at radius 1 is 1.00 bits per heavy atom. The van der Waals surface area contributed by atoms with Crippen molar-refractivity contribution in [1.29, 1.82) is 0 Å². The van der Waals surface area contributed by atoms with Crippen LogP contribution in [0.1, 0.15) is 49.7 Å². The molecule has 0 saturated carbocycles. The highest BCUT2D eigenvalue weighted by molar-refractivity contribution is 6.07. The molecule has 7 nitrogen and oxygen atoms in total. The van der Waals surface area contributed by atoms with Gasteiger partial charge in [0, 0.05) is 24.4 Å². The lowest BCUT2D eigenvalue weighted by Crippen LogP contribution is -2.31. The normalized spacial score (nSPS) is 12.8. The average Bonchev–Trinajstić information content (AvgIpc) is 2.71. The van der Waals surface area contributed by atoms with Crippen molar-refractivity contribution in [2.75, 3.05) is 25.1 Å². The van der Waals surface area contributed by atoms with Crippen LogP contribution in [0, 0.1) is 0 Å². The topological polar surface area (TPSA) is 78.8 Å². The SMILES string of the molecule is CCOc1ccc(OCC)c(NC(=O)c2c(OCC)cc(=O)n3c2CCCC3)c1. The van der Waals surface area contributed by atoms with E-state index in [-0.39, 0.29) is 11.5 Å². The predicted molar refractivity (Wildman–Crippen MR) is 112 cm³/mol. The molecule has 0 fully saturated rings. The van der Waals surface area contributed by atoms with Gasteiger partial charge in [-0.3, -0.25) is 9.59 Å². The van der Waals surface area contributed by atoms with Crippen LogP contribution in [0.5, 0.6) is 17.2 Å². The van der Waals surface area contributed by atoms with Gasteiger partial charge >= 0.3 is 0 Å². The maximum absolute atomic E-state index is 13.3. The number of nitrogens with one attached hydrogen (secondary N) is 1. The van der Waals surface area contributed by atoms with Crippen LogP contribution >= 0.6 is 0 Å². The zero-order valence-corrected chi connectivity index (χ0v) is 17.2. The molecule has 0 bridgehead atoms. The summed E-state index contributed by atoms with van der Waals surface area (Å²) >= 11 is 0. The average molecular weight is 400 g/mol. The highest BCUT2D eigenvalue weighted by Crippen LogP contribution is 2.32. The maximum atomic E-state index is 13.3. The van der Waals surface area contributed by atoms with E-state index in [0.29, 0.717) is 61.3 Å². The Bertz CT molecular complexity index is 936. The van der Waals surface area contributed by atoms with Crippen LogP contribution in [0.3, 0.4) is 0 Å². The molecule has 1 amide bonds. The fraction of sp³-hybridized carbons (Fsp3) is 0.455. The number of anilines is 1. The van der Waals surface area contributed by atoms with E-state index in [2.05, 4.69) is 5.32 Å². The quantitative estimate of drug-likeness (QED) is 0.732. The van der Waals surface area contributed by atoms with Crippen molar-refractivity contribution >= 4 is 11.6 Å². The molecule has 3 rings (SSSR count). The van der Waals surface area contributed by atoms with Crippen molar-refractivity contribution in [3.63, 3.8) is 0 Å². The van der Waals surface area contributed by atoms with Crippen molar-refractivity contribution < 1.29 is 19.0 Å². The molecular weight excluding hydrogens is 372 g/mol. The van der Waals surface area contributed by atoms with E-state index in [9.17, 15) is 9.59 Å². The van der Waals surface area contributed by atoms with Gasteiger partial charge in [0.2, 0.25) is 0 Å². The predicted octanol–water partition coefficient (Wildman–Crippen LogP) is 3.63. The van der Waals surface area contributed by atoms with Crippen LogP contribution in [0.25, 0.3) is 0 Å². The summed E-state index contributed by atoms with van der Waals surface area (Å²) in [6, 6.07) is 6.74. The number of fused-ring (bicyclic) bond motifs is 1. The van der Waals surface area contributed by atoms with Crippen LogP contribution in [-0.4, -0.2) is 30.3 Å². The highest BCUT2D eigenvalue weighted by Gasteiger charge is 2.25. The Balaban J connectivity index is 2.03. The fourth-order valence-electron chi connectivity index (χ4n) is 3.58. The number of benzene rings is 1. The summed E-state index contributed by atoms with van der Waals surface area (Å²) in [6.07, 6.45) is 2.52. The summed E-state index contributed by atoms with van der Waals surface area (Å²) in [6.45, 7) is 7.59. The number of carbonyl (C=O) groups excluding carboxylic acids is 1. The van der Waals surface area contributed by atoms with Gasteiger partial charge in [0.1, 0.15) is 22.8 Å². The largest absolute Gasteiger partial charge is 0.494 e. The van der Waals surface area contributed by atoms with Gasteiger partial charge in [0.05, 0.1) is 25.5 Å². The number of amides is 1. The van der Waals surface area contributed by atoms with Gasteiger partial charge in [-0.15, -0.1) is 0 Å². The summed E-state index contributed by atoms with van der Waals surface area (Å²) < 4.78 is 18.6. The molecule has 2 heterocycles. The van der Waals surface area contributed by atoms with Crippen molar-refractivity contribution in [1.82, 2.24) is 4.57 Å². The van der Waals surface area contributed by atoms with E-state index in [1.54, 1.807) is 22.8 Å². The summed E-state index contributed by atoms with van der Waals surface area (Å²) in [5.41, 5.74) is 1.53. The zero-order valence-electron chi connectivity index (χ0n) is 17.2. The molecule has 0 radical (unpaired) electrons. The monoisotopic (exact) mass is 400 g/mol. The molecule has 156 valence electrons. The van der Waals surface area contributed by atoms with Gasteiger partial charge in [-0.2, -0.15) is 0 Å². The summed E-state index contributed by atoms with van der Waals surface area (Å²) in [4.78, 5) is 25.8. The number of nitrogens with zero attached hydrogens (tertiary/aromatic N) is 1. The zero-order chi connectivity index (χ0) is 20.8. The Labute approximate surface area is 170 Å². The minimum atomic E-state index is -0.325. The Hall–Kier alpha value is -2.96. The molecule has 1 aromatic carbocycles. The molecule has 1 aliphatic heterocycles. The minimum absolute atomic E-state index is 0.131. The van der Waals surface area contributed by atoms with Gasteiger partial charge in [0.25, 0.3) is 11.5 Å². The molecule has 0 saturated heterocycles. The fourth-order valence-corrected chi connectivity index (χ4v) is 3.58. The first-order valence-electron chi connectivity index (χ1n) is 10.2. The minimum Gasteiger partial charge on any atom is -0.494 e. The lowest BCUT2D eigenvalue weighted by Gasteiger charge is -2.23. The third-order valence-electron chi connectivity index (χ3n) is 4.76. The third-order valence-corrected chi connectivity index (χ3v) is 4.76. The Morgan fingerprint density at radius 2 is 1.72 bits per heavy atom. The summed E-state index contributed by atoms with van der Waals surface area (Å²) in [5, 5.41) is 2.94. The van der Waals surface area contributed by atoms with Crippen LogP contribution in [-0.2, 0) is 13.0 Å². The number of hydrogen-bond donors (Lipinski definition) is 1. The molecule has 29 heavy (non-hydrogen) atoms. The standard InChI is InChI=1S/C22H28N2O5/c1-4-27-15-10-11-18(28-5-2)16(13-15)23-22(26)21-17-9-7-8-12-24(17)20(25)14-19(21)29-6-3/h10-11,13-14H,4-9,12H2,1-3H3,(H,23,26). The van der Waals surface area contributed by atoms with Gasteiger partial charge in [-0.05, 0) is 52.2 Å². The number of rotatable bonds is 8. The second kappa shape index (κ2) is 9.49. The molecule has 1 aromatic heterocycles. The molecule has 1 aliphatic rings. The number of carbonyl (C=O) groups is 1. The van der Waals surface area contributed by atoms with Crippen molar-refractivity contribution in [2.45, 2.75) is 46.6 Å². The molecule has 0 aliphatic carbocycles. The molecule has 1 N–H and O–H groups in total. The second-order valence-electron chi connectivity index (χ2n) is 6.69. The molecule has 0 atom stereocenters. The lowest BCUT2D eigenvalue weighted by molar-refractivity contribution is 0.102. The molecule has 0 spiro atoms. The Morgan fingerprint density at radius 3 is 2.45 bits per heavy atom. The van der Waals surface area contributed by atoms with E-state index >= 15 is 0 Å². The molecule has 2 aromatic rings. The molecular formula is C22H28N2O5. The number of ether oxygens (including phenoxy) is 3. The van der Waals surface area contributed by atoms with E-state index < -0.39 is 0 Å². The smallest absolute Gasteiger partial charge is 0.261 e. The van der Waals surface area contributed by atoms with Crippen molar-refractivity contribution in [3.8, 4) is 17.2 Å². The first kappa shape index (κ1) is 20.8. The van der Waals surface area contributed by atoms with Crippen LogP contribution < -0.4 is 25.1 Å². The first-order valence-corrected chi connectivity index (χ1v) is 10.2. The van der Waals surface area contributed by atoms with E-state index in [0.717, 1.165) is 18.5 Å².